The molecular formula is C8H9F2N. The van der Waals surface area contributed by atoms with Crippen molar-refractivity contribution in [2.75, 3.05) is 5.73 Å². The molecule has 1 aromatic carbocycles. The highest BCUT2D eigenvalue weighted by Gasteiger charge is 2.07. The van der Waals surface area contributed by atoms with Crippen molar-refractivity contribution in [1.29, 1.82) is 0 Å². The summed E-state index contributed by atoms with van der Waals surface area (Å²) < 4.78 is 25.1. The Morgan fingerprint density at radius 1 is 1.36 bits per heavy atom. The predicted molar refractivity (Wildman–Crippen MR) is 40.1 cm³/mol. The molecule has 2 N–H and O–H groups in total. The summed E-state index contributed by atoms with van der Waals surface area (Å²) in [5, 5.41) is 0. The standard InChI is InChI=1S/C8H9F2N/c1-2-5-3-4-6(9)7(10)8(5)11/h3-4H,2,11H2,1H3. The van der Waals surface area contributed by atoms with E-state index in [2.05, 4.69) is 0 Å². The van der Waals surface area contributed by atoms with Gasteiger partial charge in [-0.3, -0.25) is 0 Å². The third-order valence-electron chi connectivity index (χ3n) is 1.60. The molecule has 0 unspecified atom stereocenters. The number of halogens is 2. The van der Waals surface area contributed by atoms with E-state index in [9.17, 15) is 8.78 Å². The fourth-order valence-electron chi connectivity index (χ4n) is 0.915. The van der Waals surface area contributed by atoms with E-state index in [1.807, 2.05) is 6.92 Å². The Bertz CT molecular complexity index is 271. The molecule has 3 heteroatoms. The SMILES string of the molecule is CCc1ccc(F)c(F)c1N. The van der Waals surface area contributed by atoms with Crippen LogP contribution in [0.15, 0.2) is 12.1 Å². The van der Waals surface area contributed by atoms with Crippen molar-refractivity contribution >= 4 is 5.69 Å². The van der Waals surface area contributed by atoms with Gasteiger partial charge in [0.15, 0.2) is 11.6 Å². The van der Waals surface area contributed by atoms with Crippen molar-refractivity contribution in [3.8, 4) is 0 Å². The largest absolute Gasteiger partial charge is 0.396 e. The number of anilines is 1. The lowest BCUT2D eigenvalue weighted by Crippen LogP contribution is -1.99. The number of hydrogen-bond acceptors (Lipinski definition) is 1. The Labute approximate surface area is 63.8 Å². The molecular weight excluding hydrogens is 148 g/mol. The van der Waals surface area contributed by atoms with Gasteiger partial charge in [-0.1, -0.05) is 13.0 Å². The van der Waals surface area contributed by atoms with E-state index in [1.165, 1.54) is 6.07 Å². The Balaban J connectivity index is 3.25. The summed E-state index contributed by atoms with van der Waals surface area (Å²) in [5.74, 6) is -1.83. The van der Waals surface area contributed by atoms with Crippen molar-refractivity contribution in [3.63, 3.8) is 0 Å². The van der Waals surface area contributed by atoms with Crippen LogP contribution in [0.1, 0.15) is 12.5 Å². The van der Waals surface area contributed by atoms with Gasteiger partial charge in [0.2, 0.25) is 0 Å². The van der Waals surface area contributed by atoms with E-state index in [0.29, 0.717) is 12.0 Å². The maximum atomic E-state index is 12.7. The van der Waals surface area contributed by atoms with Gasteiger partial charge in [0, 0.05) is 0 Å². The monoisotopic (exact) mass is 157 g/mol. The smallest absolute Gasteiger partial charge is 0.181 e. The summed E-state index contributed by atoms with van der Waals surface area (Å²) in [6.45, 7) is 1.84. The zero-order chi connectivity index (χ0) is 8.43. The first-order chi connectivity index (χ1) is 5.16. The lowest BCUT2D eigenvalue weighted by atomic mass is 10.1. The number of nitrogen functional groups attached to an aromatic ring is 1. The molecule has 0 saturated heterocycles. The van der Waals surface area contributed by atoms with Crippen LogP contribution in [-0.4, -0.2) is 0 Å². The van der Waals surface area contributed by atoms with Crippen LogP contribution in [-0.2, 0) is 6.42 Å². The molecule has 1 rings (SSSR count). The van der Waals surface area contributed by atoms with E-state index in [-0.39, 0.29) is 5.69 Å². The van der Waals surface area contributed by atoms with Crippen LogP contribution in [0.4, 0.5) is 14.5 Å². The highest BCUT2D eigenvalue weighted by Crippen LogP contribution is 2.18. The molecule has 0 aliphatic carbocycles. The Kier molecular flexibility index (Phi) is 2.08. The zero-order valence-electron chi connectivity index (χ0n) is 6.20. The van der Waals surface area contributed by atoms with Gasteiger partial charge in [-0.05, 0) is 18.1 Å². The summed E-state index contributed by atoms with van der Waals surface area (Å²) in [6.07, 6.45) is 0.614. The fraction of sp³-hybridized carbons (Fsp3) is 0.250. The summed E-state index contributed by atoms with van der Waals surface area (Å²) in [6, 6.07) is 2.58. The molecule has 11 heavy (non-hydrogen) atoms. The molecule has 0 radical (unpaired) electrons. The molecule has 0 aliphatic heterocycles. The Morgan fingerprint density at radius 3 is 2.55 bits per heavy atom. The van der Waals surface area contributed by atoms with E-state index in [4.69, 9.17) is 5.73 Å². The number of aryl methyl sites for hydroxylation is 1. The second-order valence-corrected chi connectivity index (χ2v) is 2.29. The molecule has 1 nitrogen and oxygen atoms in total. The topological polar surface area (TPSA) is 26.0 Å². The van der Waals surface area contributed by atoms with Crippen molar-refractivity contribution in [2.45, 2.75) is 13.3 Å². The average molecular weight is 157 g/mol. The van der Waals surface area contributed by atoms with Crippen LogP contribution in [0.25, 0.3) is 0 Å². The highest BCUT2D eigenvalue weighted by molar-refractivity contribution is 5.48. The molecule has 0 heterocycles. The molecule has 1 aromatic rings. The van der Waals surface area contributed by atoms with Gasteiger partial charge < -0.3 is 5.73 Å². The van der Waals surface area contributed by atoms with Crippen LogP contribution in [0, 0.1) is 11.6 Å². The van der Waals surface area contributed by atoms with Crippen molar-refractivity contribution in [2.24, 2.45) is 0 Å². The van der Waals surface area contributed by atoms with Gasteiger partial charge in [0.25, 0.3) is 0 Å². The minimum absolute atomic E-state index is 0.0764. The van der Waals surface area contributed by atoms with Gasteiger partial charge >= 0.3 is 0 Å². The first kappa shape index (κ1) is 7.98. The van der Waals surface area contributed by atoms with Gasteiger partial charge in [0.05, 0.1) is 5.69 Å². The van der Waals surface area contributed by atoms with E-state index in [1.54, 1.807) is 0 Å². The number of nitrogens with two attached hydrogens (primary N) is 1. The summed E-state index contributed by atoms with van der Waals surface area (Å²) in [5.41, 5.74) is 5.85. The molecule has 0 saturated carbocycles. The van der Waals surface area contributed by atoms with E-state index < -0.39 is 11.6 Å². The third-order valence-corrected chi connectivity index (χ3v) is 1.60. The van der Waals surface area contributed by atoms with Crippen molar-refractivity contribution in [3.05, 3.63) is 29.3 Å². The van der Waals surface area contributed by atoms with Crippen LogP contribution < -0.4 is 5.73 Å². The predicted octanol–water partition coefficient (Wildman–Crippen LogP) is 2.11. The summed E-state index contributed by atoms with van der Waals surface area (Å²) in [4.78, 5) is 0. The average Bonchev–Trinajstić information content (AvgIpc) is 2.01. The summed E-state index contributed by atoms with van der Waals surface area (Å²) in [7, 11) is 0. The number of benzene rings is 1. The molecule has 60 valence electrons. The van der Waals surface area contributed by atoms with Gasteiger partial charge in [-0.15, -0.1) is 0 Å². The maximum absolute atomic E-state index is 12.7. The van der Waals surface area contributed by atoms with E-state index in [0.717, 1.165) is 6.07 Å². The minimum Gasteiger partial charge on any atom is -0.396 e. The Morgan fingerprint density at radius 2 is 2.00 bits per heavy atom. The molecule has 0 fully saturated rings. The van der Waals surface area contributed by atoms with Gasteiger partial charge in [-0.2, -0.15) is 0 Å². The van der Waals surface area contributed by atoms with E-state index >= 15 is 0 Å². The lowest BCUT2D eigenvalue weighted by Gasteiger charge is -2.03. The van der Waals surface area contributed by atoms with Gasteiger partial charge in [-0.25, -0.2) is 8.78 Å². The fourth-order valence-corrected chi connectivity index (χ4v) is 0.915. The first-order valence-electron chi connectivity index (χ1n) is 3.39. The second kappa shape index (κ2) is 2.86. The Hall–Kier alpha value is -1.12. The van der Waals surface area contributed by atoms with Crippen molar-refractivity contribution < 1.29 is 8.78 Å². The second-order valence-electron chi connectivity index (χ2n) is 2.29. The van der Waals surface area contributed by atoms with Crippen LogP contribution in [0.3, 0.4) is 0 Å². The molecule has 0 aliphatic rings. The zero-order valence-corrected chi connectivity index (χ0v) is 6.20. The molecule has 0 aromatic heterocycles. The number of rotatable bonds is 1. The van der Waals surface area contributed by atoms with Crippen LogP contribution in [0.5, 0.6) is 0 Å². The van der Waals surface area contributed by atoms with Crippen LogP contribution in [0.2, 0.25) is 0 Å². The molecule has 0 bridgehead atoms. The molecule has 0 amide bonds. The quantitative estimate of drug-likeness (QED) is 0.621. The van der Waals surface area contributed by atoms with Crippen LogP contribution >= 0.6 is 0 Å². The minimum atomic E-state index is -0.940. The lowest BCUT2D eigenvalue weighted by molar-refractivity contribution is 0.511. The number of hydrogen-bond donors (Lipinski definition) is 1. The first-order valence-corrected chi connectivity index (χ1v) is 3.39. The molecule has 0 atom stereocenters. The van der Waals surface area contributed by atoms with Crippen molar-refractivity contribution in [1.82, 2.24) is 0 Å². The maximum Gasteiger partial charge on any atom is 0.181 e. The van der Waals surface area contributed by atoms with Gasteiger partial charge in [0.1, 0.15) is 0 Å². The molecule has 0 spiro atoms. The highest BCUT2D eigenvalue weighted by atomic mass is 19.2. The normalized spacial score (nSPS) is 10.1. The summed E-state index contributed by atoms with van der Waals surface area (Å²) >= 11 is 0. The third kappa shape index (κ3) is 1.31.